The predicted molar refractivity (Wildman–Crippen MR) is 94.2 cm³/mol. The molecule has 0 amide bonds. The molecule has 2 N–H and O–H groups in total. The van der Waals surface area contributed by atoms with Crippen LogP contribution in [0.15, 0.2) is 42.6 Å². The first-order valence-electron chi connectivity index (χ1n) is 8.19. The lowest BCUT2D eigenvalue weighted by Crippen LogP contribution is -2.15. The Morgan fingerprint density at radius 3 is 2.10 bits per heavy atom. The molecule has 0 aliphatic heterocycles. The van der Waals surface area contributed by atoms with E-state index in [0.29, 0.717) is 6.07 Å². The van der Waals surface area contributed by atoms with Crippen molar-refractivity contribution < 1.29 is 41.4 Å². The zero-order valence-corrected chi connectivity index (χ0v) is 15.2. The van der Waals surface area contributed by atoms with Crippen LogP contribution in [-0.4, -0.2) is 26.2 Å². The molecular weight excluding hydrogens is 418 g/mol. The van der Waals surface area contributed by atoms with E-state index in [1.54, 1.807) is 0 Å². The lowest BCUT2D eigenvalue weighted by molar-refractivity contribution is -0.141. The van der Waals surface area contributed by atoms with Gasteiger partial charge in [-0.25, -0.2) is 4.98 Å². The number of aliphatic carboxylic acids is 1. The maximum Gasteiger partial charge on any atom is 0.434 e. The van der Waals surface area contributed by atoms with Crippen molar-refractivity contribution in [3.63, 3.8) is 0 Å². The normalized spacial score (nSPS) is 11.7. The van der Waals surface area contributed by atoms with Crippen LogP contribution in [0.4, 0.5) is 26.3 Å². The van der Waals surface area contributed by atoms with Crippen molar-refractivity contribution in [3.05, 3.63) is 59.4 Å². The van der Waals surface area contributed by atoms with Gasteiger partial charge in [0.05, 0.1) is 23.4 Å². The number of carboxylic acid groups (broad SMARTS) is 1. The Kier molecular flexibility index (Phi) is 6.66. The second kappa shape index (κ2) is 8.66. The largest absolute Gasteiger partial charge is 0.481 e. The van der Waals surface area contributed by atoms with Gasteiger partial charge < -0.3 is 10.2 Å². The molecule has 0 spiro atoms. The fourth-order valence-corrected chi connectivity index (χ4v) is 2.74. The van der Waals surface area contributed by atoms with E-state index in [4.69, 9.17) is 9.90 Å². The number of carboxylic acids is 1. The number of carbonyl (C=O) groups is 1. The molecule has 0 fully saturated rings. The van der Waals surface area contributed by atoms with Crippen molar-refractivity contribution in [2.45, 2.75) is 25.9 Å². The highest BCUT2D eigenvalue weighted by Crippen LogP contribution is 2.42. The summed E-state index contributed by atoms with van der Waals surface area (Å²) >= 11 is 0. The van der Waals surface area contributed by atoms with Crippen LogP contribution in [0.25, 0.3) is 22.2 Å². The summed E-state index contributed by atoms with van der Waals surface area (Å²) in [5, 5.41) is 16.9. The molecule has 0 saturated heterocycles. The van der Waals surface area contributed by atoms with Gasteiger partial charge in [-0.2, -0.15) is 26.3 Å². The summed E-state index contributed by atoms with van der Waals surface area (Å²) in [6.45, 7) is 0.176. The third kappa shape index (κ3) is 5.03. The average Bonchev–Trinajstić information content (AvgIpc) is 2.64. The minimum Gasteiger partial charge on any atom is -0.481 e. The van der Waals surface area contributed by atoms with Crippen molar-refractivity contribution >= 4 is 16.9 Å². The number of hydrogen-bond donors (Lipinski definition) is 2. The number of rotatable bonds is 2. The summed E-state index contributed by atoms with van der Waals surface area (Å²) in [6.07, 6.45) is -8.69. The first-order chi connectivity index (χ1) is 13.9. The Hall–Kier alpha value is -3.21. The Bertz CT molecular complexity index is 1050. The number of alkyl halides is 6. The second-order valence-corrected chi connectivity index (χ2v) is 5.90. The summed E-state index contributed by atoms with van der Waals surface area (Å²) in [5.41, 5.74) is -4.68. The standard InChI is InChI=1S/C17H10F6N2O.C2H4O2/c18-16(19,20)11-5-3-4-9-10(8-26)13(12-6-1-2-7-24-12)15(17(21,22)23)25-14(9)11;1-2(3)4/h1-7,26H,8H2;1H3,(H,3,4). The van der Waals surface area contributed by atoms with Crippen molar-refractivity contribution in [3.8, 4) is 11.3 Å². The van der Waals surface area contributed by atoms with Gasteiger partial charge in [-0.1, -0.05) is 18.2 Å². The zero-order valence-electron chi connectivity index (χ0n) is 15.2. The minimum atomic E-state index is -5.04. The Balaban J connectivity index is 0.000000735. The van der Waals surface area contributed by atoms with Crippen LogP contribution >= 0.6 is 0 Å². The Morgan fingerprint density at radius 1 is 1.00 bits per heavy atom. The molecule has 1 aromatic carbocycles. The average molecular weight is 432 g/mol. The molecule has 0 saturated carbocycles. The summed E-state index contributed by atoms with van der Waals surface area (Å²) in [5.74, 6) is -0.833. The molecule has 3 rings (SSSR count). The van der Waals surface area contributed by atoms with Gasteiger partial charge in [0.1, 0.15) is 0 Å². The highest BCUT2D eigenvalue weighted by atomic mass is 19.4. The third-order valence-electron chi connectivity index (χ3n) is 3.78. The topological polar surface area (TPSA) is 83.3 Å². The molecule has 5 nitrogen and oxygen atoms in total. The third-order valence-corrected chi connectivity index (χ3v) is 3.78. The molecule has 0 radical (unpaired) electrons. The smallest absolute Gasteiger partial charge is 0.434 e. The van der Waals surface area contributed by atoms with Gasteiger partial charge >= 0.3 is 12.4 Å². The zero-order chi connectivity index (χ0) is 22.7. The molecular formula is C19H14F6N2O3. The van der Waals surface area contributed by atoms with Crippen molar-refractivity contribution in [2.24, 2.45) is 0 Å². The Labute approximate surface area is 165 Å². The molecule has 2 heterocycles. The summed E-state index contributed by atoms with van der Waals surface area (Å²) in [7, 11) is 0. The van der Waals surface area contributed by atoms with Gasteiger partial charge in [-0.3, -0.25) is 9.78 Å². The molecule has 0 aliphatic rings. The monoisotopic (exact) mass is 432 g/mol. The quantitative estimate of drug-likeness (QED) is 0.562. The molecule has 0 bridgehead atoms. The molecule has 0 unspecified atom stereocenters. The number of aliphatic hydroxyl groups is 1. The lowest BCUT2D eigenvalue weighted by Gasteiger charge is -2.19. The van der Waals surface area contributed by atoms with E-state index in [-0.39, 0.29) is 16.6 Å². The summed E-state index contributed by atoms with van der Waals surface area (Å²) in [6, 6.07) is 7.07. The van der Waals surface area contributed by atoms with Crippen molar-refractivity contribution in [1.82, 2.24) is 9.97 Å². The predicted octanol–water partition coefficient (Wildman–Crippen LogP) is 4.92. The first-order valence-corrected chi connectivity index (χ1v) is 8.19. The minimum absolute atomic E-state index is 0.143. The molecule has 3 aromatic rings. The van der Waals surface area contributed by atoms with Crippen LogP contribution in [0.2, 0.25) is 0 Å². The van der Waals surface area contributed by atoms with E-state index in [2.05, 4.69) is 9.97 Å². The van der Waals surface area contributed by atoms with Crippen molar-refractivity contribution in [1.29, 1.82) is 0 Å². The van der Waals surface area contributed by atoms with E-state index in [1.807, 2.05) is 0 Å². The van der Waals surface area contributed by atoms with E-state index >= 15 is 0 Å². The molecule has 2 aromatic heterocycles. The van der Waals surface area contributed by atoms with Crippen LogP contribution in [0.5, 0.6) is 0 Å². The fourth-order valence-electron chi connectivity index (χ4n) is 2.74. The van der Waals surface area contributed by atoms with Gasteiger partial charge in [0.15, 0.2) is 5.69 Å². The molecule has 160 valence electrons. The number of fused-ring (bicyclic) bond motifs is 1. The van der Waals surface area contributed by atoms with Crippen LogP contribution in [-0.2, 0) is 23.8 Å². The van der Waals surface area contributed by atoms with Crippen molar-refractivity contribution in [2.75, 3.05) is 0 Å². The Morgan fingerprint density at radius 2 is 1.63 bits per heavy atom. The maximum absolute atomic E-state index is 13.6. The van der Waals surface area contributed by atoms with Gasteiger partial charge in [-0.15, -0.1) is 0 Å². The summed E-state index contributed by atoms with van der Waals surface area (Å²) < 4.78 is 80.3. The van der Waals surface area contributed by atoms with Crippen LogP contribution in [0, 0.1) is 0 Å². The highest BCUT2D eigenvalue weighted by molar-refractivity contribution is 5.91. The van der Waals surface area contributed by atoms with Gasteiger partial charge in [0.2, 0.25) is 0 Å². The number of aromatic nitrogens is 2. The van der Waals surface area contributed by atoms with Gasteiger partial charge in [-0.05, 0) is 23.8 Å². The molecule has 30 heavy (non-hydrogen) atoms. The number of pyridine rings is 2. The first kappa shape index (κ1) is 23.1. The number of aliphatic hydroxyl groups excluding tert-OH is 1. The highest BCUT2D eigenvalue weighted by Gasteiger charge is 2.40. The SMILES string of the molecule is CC(=O)O.OCc1c(-c2ccccn2)c(C(F)(F)F)nc2c(C(F)(F)F)cccc12. The van der Waals surface area contributed by atoms with E-state index in [0.717, 1.165) is 13.0 Å². The van der Waals surface area contributed by atoms with Crippen LogP contribution < -0.4 is 0 Å². The number of para-hydroxylation sites is 1. The van der Waals surface area contributed by atoms with E-state index in [1.165, 1.54) is 30.5 Å². The molecule has 0 atom stereocenters. The summed E-state index contributed by atoms with van der Waals surface area (Å²) in [4.78, 5) is 16.1. The van der Waals surface area contributed by atoms with Gasteiger partial charge in [0.25, 0.3) is 5.97 Å². The van der Waals surface area contributed by atoms with Crippen LogP contribution in [0.3, 0.4) is 0 Å². The lowest BCUT2D eigenvalue weighted by atomic mass is 9.95. The number of benzene rings is 1. The van der Waals surface area contributed by atoms with E-state index < -0.39 is 47.3 Å². The van der Waals surface area contributed by atoms with Gasteiger partial charge in [0, 0.05) is 24.1 Å². The molecule has 0 aliphatic carbocycles. The molecule has 11 heteroatoms. The number of halogens is 6. The maximum atomic E-state index is 13.6. The van der Waals surface area contributed by atoms with E-state index in [9.17, 15) is 31.4 Å². The second-order valence-electron chi connectivity index (χ2n) is 5.90. The van der Waals surface area contributed by atoms with Crippen LogP contribution in [0.1, 0.15) is 23.7 Å². The fraction of sp³-hybridized carbons (Fsp3) is 0.211. The number of nitrogens with zero attached hydrogens (tertiary/aromatic N) is 2. The number of hydrogen-bond acceptors (Lipinski definition) is 4.